The van der Waals surface area contributed by atoms with E-state index in [0.717, 1.165) is 0 Å². The molecule has 110 valence electrons. The molecule has 1 amide bonds. The molecule has 1 aromatic heterocycles. The number of carbonyl (C=O) groups excluding carboxylic acids is 1. The molecule has 1 heterocycles. The smallest absolute Gasteiger partial charge is 0.354 e. The maximum atomic E-state index is 11.8. The van der Waals surface area contributed by atoms with E-state index in [4.69, 9.17) is 10.8 Å². The average molecular weight is 280 g/mol. The molecule has 0 saturated carbocycles. The number of hydrogen-bond donors (Lipinski definition) is 4. The Morgan fingerprint density at radius 3 is 2.55 bits per heavy atom. The first-order valence-electron chi connectivity index (χ1n) is 6.35. The van der Waals surface area contributed by atoms with Crippen LogP contribution in [0.25, 0.3) is 0 Å². The number of carboxylic acids is 1. The summed E-state index contributed by atoms with van der Waals surface area (Å²) in [4.78, 5) is 26.5. The quantitative estimate of drug-likeness (QED) is 0.616. The van der Waals surface area contributed by atoms with E-state index in [1.165, 1.54) is 12.1 Å². The number of nitrogens with one attached hydrogen (secondary N) is 2. The minimum atomic E-state index is -1.15. The summed E-state index contributed by atoms with van der Waals surface area (Å²) in [6.45, 7) is 6.22. The van der Waals surface area contributed by atoms with Crippen LogP contribution in [0.4, 0.5) is 11.5 Å². The van der Waals surface area contributed by atoms with Crippen LogP contribution in [0.1, 0.15) is 31.3 Å². The van der Waals surface area contributed by atoms with Crippen LogP contribution in [-0.2, 0) is 4.79 Å². The number of nitrogens with zero attached hydrogens (tertiary/aromatic N) is 1. The van der Waals surface area contributed by atoms with Gasteiger partial charge >= 0.3 is 5.97 Å². The molecule has 0 aromatic carbocycles. The third kappa shape index (κ3) is 4.42. The fourth-order valence-corrected chi connectivity index (χ4v) is 1.43. The molecule has 7 nitrogen and oxygen atoms in total. The van der Waals surface area contributed by atoms with E-state index in [-0.39, 0.29) is 17.4 Å². The van der Waals surface area contributed by atoms with E-state index in [2.05, 4.69) is 15.6 Å². The summed E-state index contributed by atoms with van der Waals surface area (Å²) in [7, 11) is 0. The molecule has 0 aliphatic rings. The van der Waals surface area contributed by atoms with Crippen molar-refractivity contribution in [3.63, 3.8) is 0 Å². The van der Waals surface area contributed by atoms with Crippen molar-refractivity contribution in [2.75, 3.05) is 17.6 Å². The highest BCUT2D eigenvalue weighted by Crippen LogP contribution is 2.16. The highest BCUT2D eigenvalue weighted by atomic mass is 16.4. The molecule has 0 fully saturated rings. The number of aromatic carboxylic acids is 1. The van der Waals surface area contributed by atoms with Gasteiger partial charge in [0.25, 0.3) is 0 Å². The highest BCUT2D eigenvalue weighted by Gasteiger charge is 2.16. The van der Waals surface area contributed by atoms with Crippen LogP contribution in [0, 0.1) is 5.92 Å². The van der Waals surface area contributed by atoms with Crippen LogP contribution in [-0.4, -0.2) is 34.6 Å². The summed E-state index contributed by atoms with van der Waals surface area (Å²) >= 11 is 0. The molecule has 1 aromatic rings. The van der Waals surface area contributed by atoms with E-state index in [1.54, 1.807) is 6.92 Å². The van der Waals surface area contributed by atoms with Gasteiger partial charge in [-0.15, -0.1) is 0 Å². The Morgan fingerprint density at radius 1 is 1.35 bits per heavy atom. The molecule has 0 saturated heterocycles. The standard InChI is InChI=1S/C13H20N4O3/c1-7(2)6-15-12(18)8(3)16-11-9(14)4-5-10(17-11)13(19)20/h4-5,7-8H,6,14H2,1-3H3,(H,15,18)(H,16,17)(H,19,20). The molecule has 0 spiro atoms. The zero-order valence-corrected chi connectivity index (χ0v) is 11.8. The second-order valence-electron chi connectivity index (χ2n) is 4.94. The van der Waals surface area contributed by atoms with Crippen LogP contribution in [0.2, 0.25) is 0 Å². The molecule has 5 N–H and O–H groups in total. The second-order valence-corrected chi connectivity index (χ2v) is 4.94. The summed E-state index contributed by atoms with van der Waals surface area (Å²) in [5, 5.41) is 14.5. The summed E-state index contributed by atoms with van der Waals surface area (Å²) in [5.41, 5.74) is 5.87. The minimum absolute atomic E-state index is 0.128. The van der Waals surface area contributed by atoms with Crippen LogP contribution < -0.4 is 16.4 Å². The minimum Gasteiger partial charge on any atom is -0.477 e. The van der Waals surface area contributed by atoms with Crippen molar-refractivity contribution in [2.24, 2.45) is 5.92 Å². The lowest BCUT2D eigenvalue weighted by molar-refractivity contribution is -0.121. The largest absolute Gasteiger partial charge is 0.477 e. The van der Waals surface area contributed by atoms with Gasteiger partial charge in [-0.25, -0.2) is 9.78 Å². The molecular formula is C13H20N4O3. The molecular weight excluding hydrogens is 260 g/mol. The molecule has 7 heteroatoms. The van der Waals surface area contributed by atoms with Crippen LogP contribution in [0.3, 0.4) is 0 Å². The molecule has 20 heavy (non-hydrogen) atoms. The maximum Gasteiger partial charge on any atom is 0.354 e. The predicted octanol–water partition coefficient (Wildman–Crippen LogP) is 0.935. The van der Waals surface area contributed by atoms with Gasteiger partial charge in [-0.05, 0) is 25.0 Å². The van der Waals surface area contributed by atoms with Crippen LogP contribution >= 0.6 is 0 Å². The van der Waals surface area contributed by atoms with Crippen molar-refractivity contribution in [1.29, 1.82) is 0 Å². The van der Waals surface area contributed by atoms with Gasteiger partial charge in [0, 0.05) is 6.54 Å². The lowest BCUT2D eigenvalue weighted by Crippen LogP contribution is -2.39. The molecule has 0 bridgehead atoms. The lowest BCUT2D eigenvalue weighted by atomic mass is 10.2. The Balaban J connectivity index is 2.74. The maximum absolute atomic E-state index is 11.8. The summed E-state index contributed by atoms with van der Waals surface area (Å²) in [5.74, 6) is -0.799. The molecule has 0 aliphatic heterocycles. The number of nitrogens with two attached hydrogens (primary N) is 1. The highest BCUT2D eigenvalue weighted by molar-refractivity contribution is 5.88. The topological polar surface area (TPSA) is 117 Å². The molecule has 1 rings (SSSR count). The Bertz CT molecular complexity index is 502. The van der Waals surface area contributed by atoms with Crippen molar-refractivity contribution in [1.82, 2.24) is 10.3 Å². The second kappa shape index (κ2) is 6.74. The van der Waals surface area contributed by atoms with Crippen molar-refractivity contribution in [3.05, 3.63) is 17.8 Å². The summed E-state index contributed by atoms with van der Waals surface area (Å²) in [6, 6.07) is 2.19. The lowest BCUT2D eigenvalue weighted by Gasteiger charge is -2.17. The molecule has 0 aliphatic carbocycles. The summed E-state index contributed by atoms with van der Waals surface area (Å²) in [6.07, 6.45) is 0. The third-order valence-electron chi connectivity index (χ3n) is 2.58. The Labute approximate surface area is 117 Å². The number of carboxylic acid groups (broad SMARTS) is 1. The molecule has 1 unspecified atom stereocenters. The zero-order chi connectivity index (χ0) is 15.3. The number of anilines is 2. The van der Waals surface area contributed by atoms with E-state index in [9.17, 15) is 9.59 Å². The van der Waals surface area contributed by atoms with Crippen molar-refractivity contribution in [2.45, 2.75) is 26.8 Å². The molecule has 1 atom stereocenters. The van der Waals surface area contributed by atoms with E-state index in [0.29, 0.717) is 18.2 Å². The van der Waals surface area contributed by atoms with E-state index >= 15 is 0 Å². The zero-order valence-electron chi connectivity index (χ0n) is 11.8. The van der Waals surface area contributed by atoms with E-state index in [1.807, 2.05) is 13.8 Å². The first-order chi connectivity index (χ1) is 9.31. The molecule has 0 radical (unpaired) electrons. The first kappa shape index (κ1) is 15.7. The van der Waals surface area contributed by atoms with Crippen molar-refractivity contribution >= 4 is 23.4 Å². The Morgan fingerprint density at radius 2 is 2.00 bits per heavy atom. The number of nitrogen functional groups attached to an aromatic ring is 1. The van der Waals surface area contributed by atoms with E-state index < -0.39 is 12.0 Å². The van der Waals surface area contributed by atoms with Gasteiger partial charge in [0.15, 0.2) is 11.5 Å². The fourth-order valence-electron chi connectivity index (χ4n) is 1.43. The first-order valence-corrected chi connectivity index (χ1v) is 6.35. The average Bonchev–Trinajstić information content (AvgIpc) is 2.37. The van der Waals surface area contributed by atoms with Crippen molar-refractivity contribution in [3.8, 4) is 0 Å². The number of pyridine rings is 1. The monoisotopic (exact) mass is 280 g/mol. The van der Waals surface area contributed by atoms with Crippen molar-refractivity contribution < 1.29 is 14.7 Å². The van der Waals surface area contributed by atoms with Gasteiger partial charge in [-0.3, -0.25) is 4.79 Å². The van der Waals surface area contributed by atoms with Gasteiger partial charge in [-0.1, -0.05) is 13.8 Å². The van der Waals surface area contributed by atoms with Crippen LogP contribution in [0.5, 0.6) is 0 Å². The number of amides is 1. The fraction of sp³-hybridized carbons (Fsp3) is 0.462. The van der Waals surface area contributed by atoms with Gasteiger partial charge < -0.3 is 21.5 Å². The Kier molecular flexibility index (Phi) is 5.31. The number of hydrogen-bond acceptors (Lipinski definition) is 5. The SMILES string of the molecule is CC(C)CNC(=O)C(C)Nc1nc(C(=O)O)ccc1N. The summed E-state index contributed by atoms with van der Waals surface area (Å²) < 4.78 is 0. The number of aromatic nitrogens is 1. The Hall–Kier alpha value is -2.31. The van der Waals surface area contributed by atoms with Crippen LogP contribution in [0.15, 0.2) is 12.1 Å². The number of carbonyl (C=O) groups is 2. The van der Waals surface area contributed by atoms with Gasteiger partial charge in [0.05, 0.1) is 5.69 Å². The normalized spacial score (nSPS) is 12.0. The number of rotatable bonds is 6. The van der Waals surface area contributed by atoms with Gasteiger partial charge in [0.2, 0.25) is 5.91 Å². The van der Waals surface area contributed by atoms with Gasteiger partial charge in [-0.2, -0.15) is 0 Å². The van der Waals surface area contributed by atoms with Gasteiger partial charge in [0.1, 0.15) is 6.04 Å². The third-order valence-corrected chi connectivity index (χ3v) is 2.58. The predicted molar refractivity (Wildman–Crippen MR) is 76.5 cm³/mol.